The molecule has 0 atom stereocenters. The van der Waals surface area contributed by atoms with Crippen molar-refractivity contribution in [2.75, 3.05) is 19.2 Å². The molecule has 0 N–H and O–H groups in total. The summed E-state index contributed by atoms with van der Waals surface area (Å²) in [5.74, 6) is 2.49. The Hall–Kier alpha value is -2.78. The Kier molecular flexibility index (Phi) is 7.49. The lowest BCUT2D eigenvalue weighted by atomic mass is 10.2. The molecular formula is C23H24N2O5S2. The van der Waals surface area contributed by atoms with E-state index in [1.807, 2.05) is 30.3 Å². The van der Waals surface area contributed by atoms with Crippen molar-refractivity contribution in [2.45, 2.75) is 32.1 Å². The maximum atomic E-state index is 12.5. The molecule has 0 unspecified atom stereocenters. The van der Waals surface area contributed by atoms with Crippen molar-refractivity contribution in [1.82, 2.24) is 4.57 Å². The van der Waals surface area contributed by atoms with Crippen LogP contribution >= 0.6 is 23.1 Å². The van der Waals surface area contributed by atoms with Crippen LogP contribution in [0.4, 0.5) is 0 Å². The molecule has 3 aromatic rings. The number of thioether (sulfide) groups is 1. The molecule has 9 heteroatoms. The Balaban J connectivity index is 1.46. The van der Waals surface area contributed by atoms with E-state index in [9.17, 15) is 9.59 Å². The number of fused-ring (bicyclic) bond motifs is 2. The first-order chi connectivity index (χ1) is 15.6. The average Bonchev–Trinajstić information content (AvgIpc) is 3.37. The third kappa shape index (κ3) is 5.52. The van der Waals surface area contributed by atoms with Crippen molar-refractivity contribution >= 4 is 45.2 Å². The van der Waals surface area contributed by atoms with Gasteiger partial charge >= 0.3 is 5.97 Å². The smallest absolute Gasteiger partial charge is 0.326 e. The fraction of sp³-hybridized carbons (Fsp3) is 0.348. The number of benzene rings is 2. The van der Waals surface area contributed by atoms with Crippen molar-refractivity contribution in [3.8, 4) is 11.5 Å². The lowest BCUT2D eigenvalue weighted by Crippen LogP contribution is -2.23. The second-order valence-electron chi connectivity index (χ2n) is 7.10. The molecule has 2 aromatic carbocycles. The van der Waals surface area contributed by atoms with Gasteiger partial charge in [0.1, 0.15) is 6.54 Å². The number of aromatic nitrogens is 1. The van der Waals surface area contributed by atoms with Gasteiger partial charge in [-0.25, -0.2) is 0 Å². The molecule has 0 saturated heterocycles. The molecule has 168 valence electrons. The summed E-state index contributed by atoms with van der Waals surface area (Å²) in [5, 5.41) is 0. The molecule has 1 amide bonds. The molecule has 1 aliphatic heterocycles. The van der Waals surface area contributed by atoms with E-state index >= 15 is 0 Å². The molecule has 0 fully saturated rings. The summed E-state index contributed by atoms with van der Waals surface area (Å²) in [6.07, 6.45) is 1.11. The van der Waals surface area contributed by atoms with Crippen LogP contribution in [0.25, 0.3) is 10.2 Å². The van der Waals surface area contributed by atoms with Gasteiger partial charge in [0.05, 0.1) is 16.8 Å². The Morgan fingerprint density at radius 3 is 2.75 bits per heavy atom. The van der Waals surface area contributed by atoms with Crippen molar-refractivity contribution in [3.05, 3.63) is 52.8 Å². The third-order valence-electron chi connectivity index (χ3n) is 4.78. The number of hydrogen-bond acceptors (Lipinski definition) is 7. The number of carbonyl (C=O) groups excluding carboxylic acids is 2. The number of ether oxygens (including phenoxy) is 3. The number of hydrogen-bond donors (Lipinski definition) is 0. The SMILES string of the molecule is CCOC(=O)Cn1c(=NC(=O)CCCSCc2ccccc2)sc2cc3c(cc21)OCO3. The maximum absolute atomic E-state index is 12.5. The highest BCUT2D eigenvalue weighted by Gasteiger charge is 2.19. The molecule has 7 nitrogen and oxygen atoms in total. The van der Waals surface area contributed by atoms with Gasteiger partial charge in [0.15, 0.2) is 16.3 Å². The minimum Gasteiger partial charge on any atom is -0.465 e. The van der Waals surface area contributed by atoms with Crippen LogP contribution < -0.4 is 14.3 Å². The van der Waals surface area contributed by atoms with Crippen LogP contribution in [0.5, 0.6) is 11.5 Å². The largest absolute Gasteiger partial charge is 0.465 e. The van der Waals surface area contributed by atoms with Gasteiger partial charge in [-0.15, -0.1) is 0 Å². The van der Waals surface area contributed by atoms with Crippen LogP contribution in [-0.2, 0) is 26.6 Å². The first kappa shape index (κ1) is 22.4. The molecule has 0 radical (unpaired) electrons. The van der Waals surface area contributed by atoms with E-state index < -0.39 is 0 Å². The number of thiazole rings is 1. The molecule has 0 spiro atoms. The number of amides is 1. The Labute approximate surface area is 194 Å². The van der Waals surface area contributed by atoms with Gasteiger partial charge in [-0.1, -0.05) is 41.7 Å². The van der Waals surface area contributed by atoms with E-state index in [4.69, 9.17) is 14.2 Å². The highest BCUT2D eigenvalue weighted by atomic mass is 32.2. The van der Waals surface area contributed by atoms with E-state index in [1.165, 1.54) is 16.9 Å². The van der Waals surface area contributed by atoms with Gasteiger partial charge in [0, 0.05) is 24.3 Å². The zero-order valence-electron chi connectivity index (χ0n) is 17.7. The highest BCUT2D eigenvalue weighted by molar-refractivity contribution is 7.98. The molecule has 1 aromatic heterocycles. The summed E-state index contributed by atoms with van der Waals surface area (Å²) in [5.41, 5.74) is 2.04. The second kappa shape index (κ2) is 10.7. The van der Waals surface area contributed by atoms with Crippen LogP contribution in [0.2, 0.25) is 0 Å². The Morgan fingerprint density at radius 2 is 1.97 bits per heavy atom. The maximum Gasteiger partial charge on any atom is 0.326 e. The van der Waals surface area contributed by atoms with Crippen molar-refractivity contribution in [3.63, 3.8) is 0 Å². The first-order valence-corrected chi connectivity index (χ1v) is 12.4. The standard InChI is InChI=1S/C23H24N2O5S2/c1-2-28-22(27)13-25-17-11-18-19(30-15-29-18)12-20(17)32-23(25)24-21(26)9-6-10-31-14-16-7-4-3-5-8-16/h3-5,7-8,11-12H,2,6,9-10,13-15H2,1H3. The van der Waals surface area contributed by atoms with Crippen molar-refractivity contribution in [1.29, 1.82) is 0 Å². The van der Waals surface area contributed by atoms with Gasteiger partial charge in [0.25, 0.3) is 0 Å². The lowest BCUT2D eigenvalue weighted by molar-refractivity contribution is -0.143. The molecule has 4 rings (SSSR count). The van der Waals surface area contributed by atoms with Crippen LogP contribution in [0.1, 0.15) is 25.3 Å². The summed E-state index contributed by atoms with van der Waals surface area (Å²) >= 11 is 3.15. The summed E-state index contributed by atoms with van der Waals surface area (Å²) in [6, 6.07) is 13.9. The summed E-state index contributed by atoms with van der Waals surface area (Å²) in [4.78, 5) is 29.5. The van der Waals surface area contributed by atoms with Crippen LogP contribution in [0.3, 0.4) is 0 Å². The van der Waals surface area contributed by atoms with Gasteiger partial charge in [-0.05, 0) is 24.7 Å². The van der Waals surface area contributed by atoms with Crippen LogP contribution in [0, 0.1) is 0 Å². The number of rotatable bonds is 9. The zero-order valence-corrected chi connectivity index (χ0v) is 19.4. The molecule has 32 heavy (non-hydrogen) atoms. The highest BCUT2D eigenvalue weighted by Crippen LogP contribution is 2.37. The predicted octanol–water partition coefficient (Wildman–Crippen LogP) is 4.14. The van der Waals surface area contributed by atoms with Crippen LogP contribution in [-0.4, -0.2) is 35.6 Å². The van der Waals surface area contributed by atoms with Crippen LogP contribution in [0.15, 0.2) is 47.5 Å². The summed E-state index contributed by atoms with van der Waals surface area (Å²) < 4.78 is 18.6. The number of carbonyl (C=O) groups is 2. The fourth-order valence-corrected chi connectivity index (χ4v) is 5.26. The lowest BCUT2D eigenvalue weighted by Gasteiger charge is -2.05. The molecular weight excluding hydrogens is 448 g/mol. The number of nitrogens with zero attached hydrogens (tertiary/aromatic N) is 2. The Bertz CT molecular complexity index is 1170. The quantitative estimate of drug-likeness (QED) is 0.344. The summed E-state index contributed by atoms with van der Waals surface area (Å²) in [7, 11) is 0. The normalized spacial score (nSPS) is 13.0. The third-order valence-corrected chi connectivity index (χ3v) is 6.94. The second-order valence-corrected chi connectivity index (χ2v) is 9.21. The van der Waals surface area contributed by atoms with E-state index in [-0.39, 0.29) is 25.2 Å². The zero-order chi connectivity index (χ0) is 22.3. The fourth-order valence-electron chi connectivity index (χ4n) is 3.29. The van der Waals surface area contributed by atoms with Gasteiger partial charge < -0.3 is 18.8 Å². The van der Waals surface area contributed by atoms with Gasteiger partial charge in [0.2, 0.25) is 12.7 Å². The van der Waals surface area contributed by atoms with E-state index in [2.05, 4.69) is 17.1 Å². The van der Waals surface area contributed by atoms with Crippen molar-refractivity contribution in [2.24, 2.45) is 4.99 Å². The Morgan fingerprint density at radius 1 is 1.19 bits per heavy atom. The minimum absolute atomic E-state index is 0.0213. The van der Waals surface area contributed by atoms with Gasteiger partial charge in [-0.2, -0.15) is 16.8 Å². The molecule has 0 aliphatic carbocycles. The first-order valence-electron chi connectivity index (χ1n) is 10.4. The molecule has 1 aliphatic rings. The van der Waals surface area contributed by atoms with Gasteiger partial charge in [-0.3, -0.25) is 9.59 Å². The predicted molar refractivity (Wildman–Crippen MR) is 125 cm³/mol. The minimum atomic E-state index is -0.379. The molecule has 2 heterocycles. The molecule has 0 saturated carbocycles. The average molecular weight is 473 g/mol. The van der Waals surface area contributed by atoms with E-state index in [1.54, 1.807) is 23.3 Å². The molecule has 0 bridgehead atoms. The summed E-state index contributed by atoms with van der Waals surface area (Å²) in [6.45, 7) is 2.20. The van der Waals surface area contributed by atoms with Crippen molar-refractivity contribution < 1.29 is 23.8 Å². The monoisotopic (exact) mass is 472 g/mol. The number of esters is 1. The van der Waals surface area contributed by atoms with E-state index in [0.29, 0.717) is 29.3 Å². The topological polar surface area (TPSA) is 79.1 Å². The van der Waals surface area contributed by atoms with E-state index in [0.717, 1.165) is 28.1 Å².